The topological polar surface area (TPSA) is 0 Å². The summed E-state index contributed by atoms with van der Waals surface area (Å²) >= 11 is 0. The van der Waals surface area contributed by atoms with Crippen LogP contribution in [0.1, 0.15) is 55.6 Å². The molecule has 358 valence electrons. The summed E-state index contributed by atoms with van der Waals surface area (Å²) in [5, 5.41) is 0. The van der Waals surface area contributed by atoms with Crippen LogP contribution in [-0.2, 0) is 17.1 Å². The molecule has 0 saturated heterocycles. The molecule has 0 unspecified atom stereocenters. The fourth-order valence-corrected chi connectivity index (χ4v) is 7.69. The molecule has 0 nitrogen and oxygen atoms in total. The van der Waals surface area contributed by atoms with Gasteiger partial charge >= 0.3 is 17.1 Å². The monoisotopic (exact) mass is 1010 g/mol. The molecule has 0 saturated carbocycles. The third-order valence-corrected chi connectivity index (χ3v) is 12.3. The maximum atomic E-state index is 15.4. The van der Waals surface area contributed by atoms with E-state index in [2.05, 4.69) is 69.2 Å². The number of benzene rings is 4. The van der Waals surface area contributed by atoms with Gasteiger partial charge < -0.3 is 0 Å². The van der Waals surface area contributed by atoms with E-state index in [1.807, 2.05) is 0 Å². The van der Waals surface area contributed by atoms with Crippen LogP contribution in [-0.4, -0.2) is 6.15 Å². The fraction of sp³-hybridized carbons (Fsp3) is 0.227. The van der Waals surface area contributed by atoms with E-state index in [-0.39, 0.29) is 17.1 Å². The van der Waals surface area contributed by atoms with Crippen molar-refractivity contribution < 1.29 is 105 Å². The minimum absolute atomic E-state index is 0. The predicted octanol–water partition coefficient (Wildman–Crippen LogP) is 11.7. The average Bonchev–Trinajstić information content (AvgIpc) is 3.55. The van der Waals surface area contributed by atoms with Crippen molar-refractivity contribution >= 4 is 28.0 Å². The minimum atomic E-state index is -7.22. The summed E-state index contributed by atoms with van der Waals surface area (Å²) in [6.45, 7) is 22.0. The van der Waals surface area contributed by atoms with E-state index >= 15 is 35.1 Å². The van der Waals surface area contributed by atoms with Gasteiger partial charge in [-0.25, -0.2) is 87.8 Å². The second kappa shape index (κ2) is 19.5. The van der Waals surface area contributed by atoms with Crippen molar-refractivity contribution in [2.75, 3.05) is 0 Å². The summed E-state index contributed by atoms with van der Waals surface area (Å²) in [5.41, 5.74) is 0.346. The van der Waals surface area contributed by atoms with Crippen molar-refractivity contribution in [1.82, 2.24) is 0 Å². The Balaban J connectivity index is 0.000000449. The van der Waals surface area contributed by atoms with Crippen LogP contribution in [0, 0.1) is 186 Å². The molecule has 0 aromatic heterocycles. The Kier molecular flexibility index (Phi) is 16.3. The van der Waals surface area contributed by atoms with Crippen molar-refractivity contribution in [3.8, 4) is 0 Å². The van der Waals surface area contributed by atoms with Crippen molar-refractivity contribution in [2.45, 2.75) is 69.2 Å². The van der Waals surface area contributed by atoms with Gasteiger partial charge in [0.25, 0.3) is 0 Å². The van der Waals surface area contributed by atoms with Gasteiger partial charge in [-0.2, -0.15) is 55.6 Å². The van der Waals surface area contributed by atoms with Crippen LogP contribution >= 0.6 is 0 Å². The van der Waals surface area contributed by atoms with Gasteiger partial charge in [0.05, 0.1) is 0 Å². The molecule has 6 rings (SSSR count). The molecule has 6 aromatic carbocycles. The molecule has 6 aromatic rings. The molecule has 0 bridgehead atoms. The SMILES string of the molecule is Cc1c(C)c(C)[c-](C)c1C.Cc1c(C)c(C)[c-](C)c1C.Fc1c(F)c(F)c([B-](c2c(F)c(F)c(F)c(F)c2F)(c2c(F)c(F)c(F)c(F)c2F)c2c(F)c(F)c(F)c(F)c2F)c(F)c1F.[Fe+2]. The first-order valence-electron chi connectivity index (χ1n) is 18.4. The van der Waals surface area contributed by atoms with Crippen LogP contribution in [0.5, 0.6) is 0 Å². The summed E-state index contributed by atoms with van der Waals surface area (Å²) < 4.78 is 294. The van der Waals surface area contributed by atoms with Crippen LogP contribution in [0.2, 0.25) is 0 Å². The standard InChI is InChI=1S/C24BF20.2C10H15.Fe/c26-5-1(6(27)14(35)21(42)13(5)34)25(2-7(28)15(36)22(43)16(37)8(2)29,3-9(30)17(38)23(44)18(39)10(3)31)4-11(32)19(40)24(45)20(41)12(4)33;2*1-6-7(2)9(4)10(5)8(6)3;/h;2*1-5H3;/q3*-1;+2. The fourth-order valence-electron chi connectivity index (χ4n) is 7.69. The van der Waals surface area contributed by atoms with Gasteiger partial charge in [0.1, 0.15) is 52.7 Å². The Morgan fingerprint density at radius 1 is 0.227 bits per heavy atom. The number of hydrogen-bond acceptors (Lipinski definition) is 0. The van der Waals surface area contributed by atoms with Gasteiger partial charge in [-0.05, 0) is 0 Å². The maximum Gasteiger partial charge on any atom is 2.00 e. The molecule has 0 spiro atoms. The largest absolute Gasteiger partial charge is 2.00 e. The van der Waals surface area contributed by atoms with Crippen LogP contribution in [0.25, 0.3) is 0 Å². The quantitative estimate of drug-likeness (QED) is 0.0543. The molecule has 66 heavy (non-hydrogen) atoms. The minimum Gasteiger partial charge on any atom is -0.207 e. The smallest absolute Gasteiger partial charge is 0.207 e. The Bertz CT molecular complexity index is 2330. The zero-order valence-electron chi connectivity index (χ0n) is 35.5. The van der Waals surface area contributed by atoms with Crippen molar-refractivity contribution in [1.29, 1.82) is 0 Å². The van der Waals surface area contributed by atoms with E-state index in [0.717, 1.165) is 0 Å². The van der Waals surface area contributed by atoms with Crippen molar-refractivity contribution in [2.24, 2.45) is 0 Å². The number of rotatable bonds is 4. The van der Waals surface area contributed by atoms with Crippen molar-refractivity contribution in [3.05, 3.63) is 172 Å². The molecule has 0 atom stereocenters. The predicted molar refractivity (Wildman–Crippen MR) is 201 cm³/mol. The molecule has 0 fully saturated rings. The number of halogens is 20. The van der Waals surface area contributed by atoms with Crippen LogP contribution in [0.3, 0.4) is 0 Å². The second-order valence-corrected chi connectivity index (χ2v) is 15.1. The van der Waals surface area contributed by atoms with Crippen molar-refractivity contribution in [3.63, 3.8) is 0 Å². The molecule has 0 radical (unpaired) electrons. The van der Waals surface area contributed by atoms with E-state index in [0.29, 0.717) is 0 Å². The van der Waals surface area contributed by atoms with Gasteiger partial charge in [0.2, 0.25) is 0 Å². The molecule has 0 aliphatic carbocycles. The Hall–Kier alpha value is -5.24. The van der Waals surface area contributed by atoms with Gasteiger partial charge in [0, 0.05) is 0 Å². The van der Waals surface area contributed by atoms with E-state index in [4.69, 9.17) is 0 Å². The molecule has 0 aliphatic heterocycles. The summed E-state index contributed by atoms with van der Waals surface area (Å²) in [6.07, 6.45) is -7.22. The van der Waals surface area contributed by atoms with Gasteiger partial charge in [-0.15, -0.1) is 21.9 Å². The first-order chi connectivity index (χ1) is 29.8. The Morgan fingerprint density at radius 2 is 0.333 bits per heavy atom. The van der Waals surface area contributed by atoms with Crippen LogP contribution < -0.4 is 21.9 Å². The van der Waals surface area contributed by atoms with Crippen LogP contribution in [0.15, 0.2) is 0 Å². The molecule has 0 N–H and O–H groups in total. The molecular weight excluding hydrogens is 975 g/mol. The zero-order valence-corrected chi connectivity index (χ0v) is 36.6. The Labute approximate surface area is 373 Å². The second-order valence-electron chi connectivity index (χ2n) is 15.1. The molecule has 0 heterocycles. The molecule has 22 heteroatoms. The van der Waals surface area contributed by atoms with E-state index in [9.17, 15) is 52.7 Å². The molecular formula is C44H30BF20Fe-. The third-order valence-electron chi connectivity index (χ3n) is 12.3. The average molecular weight is 1010 g/mol. The van der Waals surface area contributed by atoms with Gasteiger partial charge in [-0.1, -0.05) is 69.2 Å². The molecule has 0 aliphatic rings. The van der Waals surface area contributed by atoms with Crippen LogP contribution in [0.4, 0.5) is 87.8 Å². The normalized spacial score (nSPS) is 11.4. The zero-order chi connectivity index (χ0) is 50.1. The third kappa shape index (κ3) is 8.19. The molecule has 0 amide bonds. The maximum absolute atomic E-state index is 15.4. The van der Waals surface area contributed by atoms with E-state index in [1.54, 1.807) is 0 Å². The number of hydrogen-bond donors (Lipinski definition) is 0. The first-order valence-corrected chi connectivity index (χ1v) is 18.4. The summed E-state index contributed by atoms with van der Waals surface area (Å²) in [6, 6.07) is 0. The summed E-state index contributed by atoms with van der Waals surface area (Å²) in [7, 11) is 0. The van der Waals surface area contributed by atoms with E-state index in [1.165, 1.54) is 55.6 Å². The van der Waals surface area contributed by atoms with Gasteiger partial charge in [-0.3, -0.25) is 0 Å². The Morgan fingerprint density at radius 3 is 0.424 bits per heavy atom. The first kappa shape index (κ1) is 55.1. The summed E-state index contributed by atoms with van der Waals surface area (Å²) in [4.78, 5) is 0. The van der Waals surface area contributed by atoms with Gasteiger partial charge in [0.15, 0.2) is 69.8 Å². The van der Waals surface area contributed by atoms with E-state index < -0.39 is 144 Å². The summed E-state index contributed by atoms with van der Waals surface area (Å²) in [5.74, 6) is -71.4.